The van der Waals surface area contributed by atoms with E-state index in [0.717, 1.165) is 25.5 Å². The van der Waals surface area contributed by atoms with E-state index >= 15 is 0 Å². The summed E-state index contributed by atoms with van der Waals surface area (Å²) < 4.78 is 11.4. The van der Waals surface area contributed by atoms with Crippen LogP contribution in [0, 0.1) is 0 Å². The Hall–Kier alpha value is -2.82. The molecule has 0 bridgehead atoms. The molecule has 2 aromatic carbocycles. The van der Waals surface area contributed by atoms with Crippen LogP contribution in [0.4, 0.5) is 0 Å². The largest absolute Gasteiger partial charge is 0.490 e. The highest BCUT2D eigenvalue weighted by atomic mass is 16.5. The van der Waals surface area contributed by atoms with Gasteiger partial charge in [-0.1, -0.05) is 24.3 Å². The number of rotatable bonds is 7. The van der Waals surface area contributed by atoms with Gasteiger partial charge in [-0.05, 0) is 62.4 Å². The molecule has 5 nitrogen and oxygen atoms in total. The van der Waals surface area contributed by atoms with Gasteiger partial charge in [-0.15, -0.1) is 0 Å². The Morgan fingerprint density at radius 3 is 2.85 bits per heavy atom. The molecule has 1 aliphatic carbocycles. The van der Waals surface area contributed by atoms with E-state index < -0.39 is 6.10 Å². The number of fused-ring (bicyclic) bond motifs is 1. The Balaban J connectivity index is 1.69. The van der Waals surface area contributed by atoms with Crippen LogP contribution in [0.3, 0.4) is 0 Å². The first-order valence-electron chi connectivity index (χ1n) is 9.39. The molecule has 0 aliphatic heterocycles. The predicted octanol–water partition coefficient (Wildman–Crippen LogP) is 3.86. The summed E-state index contributed by atoms with van der Waals surface area (Å²) in [5.74, 6) is 0.748. The standard InChI is InChI=1S/C22H25NO4/c1-3-26-21-13-16(14-24)11-12-20(21)27-15(2)22(25)23-19-10-6-8-17-7-4-5-9-18(17)19/h4-5,7,9,11-15,19H,3,6,8,10H2,1-2H3,(H,23,25)/t15-,19-/m0/s1. The summed E-state index contributed by atoms with van der Waals surface area (Å²) in [5, 5.41) is 3.11. The van der Waals surface area contributed by atoms with Gasteiger partial charge in [-0.25, -0.2) is 0 Å². The molecule has 2 atom stereocenters. The number of benzene rings is 2. The van der Waals surface area contributed by atoms with Gasteiger partial charge in [0.2, 0.25) is 0 Å². The molecule has 0 unspecified atom stereocenters. The monoisotopic (exact) mass is 367 g/mol. The second-order valence-electron chi connectivity index (χ2n) is 6.67. The third kappa shape index (κ3) is 4.48. The Kier molecular flexibility index (Phi) is 6.12. The van der Waals surface area contributed by atoms with Crippen LogP contribution in [0.5, 0.6) is 11.5 Å². The Morgan fingerprint density at radius 2 is 2.07 bits per heavy atom. The first-order chi connectivity index (χ1) is 13.1. The highest BCUT2D eigenvalue weighted by Gasteiger charge is 2.25. The van der Waals surface area contributed by atoms with Gasteiger partial charge < -0.3 is 14.8 Å². The van der Waals surface area contributed by atoms with Crippen LogP contribution in [0.25, 0.3) is 0 Å². The quantitative estimate of drug-likeness (QED) is 0.755. The van der Waals surface area contributed by atoms with Crippen molar-refractivity contribution < 1.29 is 19.1 Å². The number of aldehydes is 1. The van der Waals surface area contributed by atoms with Crippen LogP contribution >= 0.6 is 0 Å². The minimum atomic E-state index is -0.680. The topological polar surface area (TPSA) is 64.6 Å². The SMILES string of the molecule is CCOc1cc(C=O)ccc1O[C@@H](C)C(=O)N[C@H]1CCCc2ccccc21. The number of hydrogen-bond acceptors (Lipinski definition) is 4. The lowest BCUT2D eigenvalue weighted by atomic mass is 9.87. The second-order valence-corrected chi connectivity index (χ2v) is 6.67. The van der Waals surface area contributed by atoms with E-state index in [2.05, 4.69) is 17.4 Å². The summed E-state index contributed by atoms with van der Waals surface area (Å²) in [4.78, 5) is 23.7. The zero-order chi connectivity index (χ0) is 19.2. The summed E-state index contributed by atoms with van der Waals surface area (Å²) in [6, 6.07) is 13.2. The lowest BCUT2D eigenvalue weighted by molar-refractivity contribution is -0.128. The van der Waals surface area contributed by atoms with E-state index in [-0.39, 0.29) is 11.9 Å². The molecule has 1 amide bonds. The van der Waals surface area contributed by atoms with E-state index in [1.807, 2.05) is 19.1 Å². The molecule has 0 spiro atoms. The van der Waals surface area contributed by atoms with Crippen molar-refractivity contribution in [3.63, 3.8) is 0 Å². The van der Waals surface area contributed by atoms with Gasteiger partial charge in [0.15, 0.2) is 17.6 Å². The van der Waals surface area contributed by atoms with Crippen molar-refractivity contribution in [3.05, 3.63) is 59.2 Å². The van der Waals surface area contributed by atoms with Crippen molar-refractivity contribution in [2.45, 2.75) is 45.3 Å². The number of aryl methyl sites for hydroxylation is 1. The minimum absolute atomic E-state index is 0.0114. The Morgan fingerprint density at radius 1 is 1.26 bits per heavy atom. The third-order valence-corrected chi connectivity index (χ3v) is 4.76. The van der Waals surface area contributed by atoms with Crippen LogP contribution in [0.2, 0.25) is 0 Å². The normalized spacial score (nSPS) is 16.7. The number of ether oxygens (including phenoxy) is 2. The average molecular weight is 367 g/mol. The Bertz CT molecular complexity index is 818. The summed E-state index contributed by atoms with van der Waals surface area (Å²) in [5.41, 5.74) is 2.99. The first kappa shape index (κ1) is 19.0. The molecule has 1 N–H and O–H groups in total. The van der Waals surface area contributed by atoms with E-state index in [4.69, 9.17) is 9.47 Å². The maximum atomic E-state index is 12.7. The molecule has 0 heterocycles. The first-order valence-corrected chi connectivity index (χ1v) is 9.39. The molecule has 1 aliphatic rings. The van der Waals surface area contributed by atoms with Crippen LogP contribution in [-0.4, -0.2) is 24.9 Å². The lowest BCUT2D eigenvalue weighted by Gasteiger charge is -2.27. The van der Waals surface area contributed by atoms with Gasteiger partial charge in [0, 0.05) is 5.56 Å². The zero-order valence-corrected chi connectivity index (χ0v) is 15.7. The van der Waals surface area contributed by atoms with Crippen molar-refractivity contribution in [2.75, 3.05) is 6.61 Å². The molecule has 142 valence electrons. The van der Waals surface area contributed by atoms with Crippen molar-refractivity contribution in [1.82, 2.24) is 5.32 Å². The summed E-state index contributed by atoms with van der Waals surface area (Å²) >= 11 is 0. The fourth-order valence-corrected chi connectivity index (χ4v) is 3.40. The predicted molar refractivity (Wildman–Crippen MR) is 103 cm³/mol. The molecule has 2 aromatic rings. The number of hydrogen-bond donors (Lipinski definition) is 1. The molecular formula is C22H25NO4. The van der Waals surface area contributed by atoms with E-state index in [1.54, 1.807) is 25.1 Å². The maximum absolute atomic E-state index is 12.7. The number of carbonyl (C=O) groups is 2. The number of carbonyl (C=O) groups excluding carboxylic acids is 2. The fraction of sp³-hybridized carbons (Fsp3) is 0.364. The van der Waals surface area contributed by atoms with Gasteiger partial charge in [0.1, 0.15) is 6.29 Å². The summed E-state index contributed by atoms with van der Waals surface area (Å²) in [6.07, 6.45) is 3.10. The molecule has 5 heteroatoms. The van der Waals surface area contributed by atoms with Crippen molar-refractivity contribution >= 4 is 12.2 Å². The molecular weight excluding hydrogens is 342 g/mol. The van der Waals surface area contributed by atoms with Crippen molar-refractivity contribution in [3.8, 4) is 11.5 Å². The van der Waals surface area contributed by atoms with Crippen LogP contribution in [-0.2, 0) is 11.2 Å². The van der Waals surface area contributed by atoms with Crippen molar-refractivity contribution in [1.29, 1.82) is 0 Å². The summed E-state index contributed by atoms with van der Waals surface area (Å²) in [7, 11) is 0. The van der Waals surface area contributed by atoms with Crippen LogP contribution < -0.4 is 14.8 Å². The zero-order valence-electron chi connectivity index (χ0n) is 15.7. The van der Waals surface area contributed by atoms with E-state index in [9.17, 15) is 9.59 Å². The third-order valence-electron chi connectivity index (χ3n) is 4.76. The highest BCUT2D eigenvalue weighted by molar-refractivity contribution is 5.81. The van der Waals surface area contributed by atoms with Gasteiger partial charge >= 0.3 is 0 Å². The minimum Gasteiger partial charge on any atom is -0.490 e. The maximum Gasteiger partial charge on any atom is 0.261 e. The number of nitrogens with one attached hydrogen (secondary N) is 1. The van der Waals surface area contributed by atoms with Gasteiger partial charge in [-0.2, -0.15) is 0 Å². The van der Waals surface area contributed by atoms with Gasteiger partial charge in [-0.3, -0.25) is 9.59 Å². The molecule has 0 saturated heterocycles. The number of amides is 1. The fourth-order valence-electron chi connectivity index (χ4n) is 3.40. The molecule has 0 fully saturated rings. The molecule has 0 aromatic heterocycles. The van der Waals surface area contributed by atoms with E-state index in [0.29, 0.717) is 23.7 Å². The smallest absolute Gasteiger partial charge is 0.261 e. The molecule has 3 rings (SSSR count). The van der Waals surface area contributed by atoms with Crippen molar-refractivity contribution in [2.24, 2.45) is 0 Å². The van der Waals surface area contributed by atoms with Crippen LogP contribution in [0.1, 0.15) is 54.2 Å². The molecule has 0 radical (unpaired) electrons. The average Bonchev–Trinajstić information content (AvgIpc) is 2.69. The highest BCUT2D eigenvalue weighted by Crippen LogP contribution is 2.31. The van der Waals surface area contributed by atoms with E-state index in [1.165, 1.54) is 11.1 Å². The summed E-state index contributed by atoms with van der Waals surface area (Å²) in [6.45, 7) is 4.01. The lowest BCUT2D eigenvalue weighted by Crippen LogP contribution is -2.39. The van der Waals surface area contributed by atoms with Gasteiger partial charge in [0.25, 0.3) is 5.91 Å². The second kappa shape index (κ2) is 8.71. The Labute approximate surface area is 159 Å². The molecule has 0 saturated carbocycles. The van der Waals surface area contributed by atoms with Crippen LogP contribution in [0.15, 0.2) is 42.5 Å². The van der Waals surface area contributed by atoms with Gasteiger partial charge in [0.05, 0.1) is 12.6 Å². The molecule has 27 heavy (non-hydrogen) atoms.